The van der Waals surface area contributed by atoms with Crippen LogP contribution >= 0.6 is 0 Å². The zero-order valence-electron chi connectivity index (χ0n) is 8.76. The maximum absolute atomic E-state index is 12.8. The molecule has 2 rings (SSSR count). The molecule has 0 aromatic rings. The average molecular weight is 237 g/mol. The molecule has 0 bridgehead atoms. The van der Waals surface area contributed by atoms with Crippen molar-refractivity contribution in [3.8, 4) is 0 Å². The van der Waals surface area contributed by atoms with Crippen molar-refractivity contribution in [2.75, 3.05) is 19.6 Å². The summed E-state index contributed by atoms with van der Waals surface area (Å²) in [5.74, 6) is -1.25. The first-order chi connectivity index (χ1) is 7.35. The van der Waals surface area contributed by atoms with E-state index in [0.29, 0.717) is 12.5 Å². The number of aliphatic carboxylic acids is 1. The van der Waals surface area contributed by atoms with E-state index in [2.05, 4.69) is 0 Å². The van der Waals surface area contributed by atoms with E-state index in [-0.39, 0.29) is 19.5 Å². The van der Waals surface area contributed by atoms with Crippen molar-refractivity contribution in [2.24, 2.45) is 11.3 Å². The number of alkyl halides is 3. The molecule has 2 fully saturated rings. The van der Waals surface area contributed by atoms with Gasteiger partial charge >= 0.3 is 12.1 Å². The highest BCUT2D eigenvalue weighted by Crippen LogP contribution is 2.46. The first-order valence-electron chi connectivity index (χ1n) is 5.38. The lowest BCUT2D eigenvalue weighted by atomic mass is 9.86. The second kappa shape index (κ2) is 3.61. The fourth-order valence-electron chi connectivity index (χ4n) is 2.24. The van der Waals surface area contributed by atoms with Crippen molar-refractivity contribution in [3.63, 3.8) is 0 Å². The van der Waals surface area contributed by atoms with Crippen molar-refractivity contribution in [2.45, 2.75) is 25.4 Å². The van der Waals surface area contributed by atoms with E-state index in [4.69, 9.17) is 5.11 Å². The van der Waals surface area contributed by atoms with E-state index in [1.807, 2.05) is 0 Å². The molecule has 1 atom stereocenters. The van der Waals surface area contributed by atoms with Gasteiger partial charge in [0.1, 0.15) is 0 Å². The molecule has 0 radical (unpaired) electrons. The molecular weight excluding hydrogens is 223 g/mol. The zero-order valence-corrected chi connectivity index (χ0v) is 8.76. The number of halogens is 3. The molecule has 1 aliphatic heterocycles. The van der Waals surface area contributed by atoms with Gasteiger partial charge in [-0.1, -0.05) is 0 Å². The third-order valence-electron chi connectivity index (χ3n) is 3.51. The molecule has 1 saturated heterocycles. The summed E-state index contributed by atoms with van der Waals surface area (Å²) in [6, 6.07) is 0. The van der Waals surface area contributed by atoms with Crippen LogP contribution in [0.4, 0.5) is 13.2 Å². The molecule has 6 heteroatoms. The minimum absolute atomic E-state index is 0.238. The second-order valence-corrected chi connectivity index (χ2v) is 4.81. The predicted molar refractivity (Wildman–Crippen MR) is 49.9 cm³/mol. The number of rotatable bonds is 3. The summed E-state index contributed by atoms with van der Waals surface area (Å²) in [6.45, 7) is 0.468. The summed E-state index contributed by atoms with van der Waals surface area (Å²) in [6.07, 6.45) is -2.86. The minimum Gasteiger partial charge on any atom is -0.481 e. The fraction of sp³-hybridized carbons (Fsp3) is 0.900. The first kappa shape index (κ1) is 11.7. The molecule has 0 aromatic heterocycles. The largest absolute Gasteiger partial charge is 0.481 e. The van der Waals surface area contributed by atoms with Crippen molar-refractivity contribution in [3.05, 3.63) is 0 Å². The van der Waals surface area contributed by atoms with E-state index in [0.717, 1.165) is 12.8 Å². The Morgan fingerprint density at radius 3 is 2.44 bits per heavy atom. The smallest absolute Gasteiger partial charge is 0.406 e. The van der Waals surface area contributed by atoms with Crippen LogP contribution in [0.15, 0.2) is 0 Å². The fourth-order valence-corrected chi connectivity index (χ4v) is 2.24. The zero-order chi connectivity index (χ0) is 12.0. The van der Waals surface area contributed by atoms with Crippen molar-refractivity contribution < 1.29 is 23.1 Å². The molecule has 3 nitrogen and oxygen atoms in total. The van der Waals surface area contributed by atoms with Crippen molar-refractivity contribution in [1.82, 2.24) is 4.90 Å². The Morgan fingerprint density at radius 1 is 1.44 bits per heavy atom. The molecule has 1 N–H and O–H groups in total. The van der Waals surface area contributed by atoms with Crippen LogP contribution in [0.3, 0.4) is 0 Å². The highest BCUT2D eigenvalue weighted by atomic mass is 19.4. The number of likely N-dealkylation sites (tertiary alicyclic amines) is 1. The minimum atomic E-state index is -4.66. The van der Waals surface area contributed by atoms with Crippen LogP contribution in [0.1, 0.15) is 19.3 Å². The number of carboxylic acid groups (broad SMARTS) is 1. The average Bonchev–Trinajstić information content (AvgIpc) is 2.80. The summed E-state index contributed by atoms with van der Waals surface area (Å²) in [5, 5.41) is 8.82. The standard InChI is InChI=1S/C10H14F3NO2/c11-10(12,13)9(8(15)16)3-4-14(6-9)5-7-1-2-7/h7H,1-6H2,(H,15,16). The number of hydrogen-bond acceptors (Lipinski definition) is 2. The summed E-state index contributed by atoms with van der Waals surface area (Å²) >= 11 is 0. The Balaban J connectivity index is 2.08. The van der Waals surface area contributed by atoms with Crippen LogP contribution in [-0.4, -0.2) is 41.8 Å². The Kier molecular flexibility index (Phi) is 2.64. The SMILES string of the molecule is O=C(O)C1(C(F)(F)F)CCN(CC2CC2)C1. The van der Waals surface area contributed by atoms with Crippen LogP contribution < -0.4 is 0 Å². The van der Waals surface area contributed by atoms with E-state index < -0.39 is 17.6 Å². The van der Waals surface area contributed by atoms with E-state index in [1.165, 1.54) is 0 Å². The monoisotopic (exact) mass is 237 g/mol. The predicted octanol–water partition coefficient (Wildman–Crippen LogP) is 1.74. The molecular formula is C10H14F3NO2. The topological polar surface area (TPSA) is 40.5 Å². The summed E-state index contributed by atoms with van der Waals surface area (Å²) in [5.41, 5.74) is -2.54. The Morgan fingerprint density at radius 2 is 2.06 bits per heavy atom. The highest BCUT2D eigenvalue weighted by molar-refractivity contribution is 5.76. The molecule has 1 saturated carbocycles. The molecule has 16 heavy (non-hydrogen) atoms. The summed E-state index contributed by atoms with van der Waals surface area (Å²) < 4.78 is 38.4. The molecule has 1 heterocycles. The quantitative estimate of drug-likeness (QED) is 0.812. The molecule has 1 unspecified atom stereocenters. The Bertz CT molecular complexity index is 301. The summed E-state index contributed by atoms with van der Waals surface area (Å²) in [4.78, 5) is 12.5. The molecule has 2 aliphatic rings. The Labute approximate surface area is 91.2 Å². The maximum Gasteiger partial charge on any atom is 0.406 e. The van der Waals surface area contributed by atoms with Gasteiger partial charge in [0.15, 0.2) is 5.41 Å². The summed E-state index contributed by atoms with van der Waals surface area (Å²) in [7, 11) is 0. The van der Waals surface area contributed by atoms with Gasteiger partial charge in [0.25, 0.3) is 0 Å². The van der Waals surface area contributed by atoms with Gasteiger partial charge in [-0.2, -0.15) is 13.2 Å². The van der Waals surface area contributed by atoms with Gasteiger partial charge in [0.05, 0.1) is 0 Å². The second-order valence-electron chi connectivity index (χ2n) is 4.81. The molecule has 0 aromatic carbocycles. The normalized spacial score (nSPS) is 31.9. The Hall–Kier alpha value is -0.780. The van der Waals surface area contributed by atoms with Crippen molar-refractivity contribution >= 4 is 5.97 Å². The lowest BCUT2D eigenvalue weighted by molar-refractivity contribution is -0.227. The maximum atomic E-state index is 12.8. The van der Waals surface area contributed by atoms with E-state index in [9.17, 15) is 18.0 Å². The number of hydrogen-bond donors (Lipinski definition) is 1. The van der Waals surface area contributed by atoms with Gasteiger partial charge in [-0.05, 0) is 31.7 Å². The number of nitrogens with zero attached hydrogens (tertiary/aromatic N) is 1. The third-order valence-corrected chi connectivity index (χ3v) is 3.51. The van der Waals surface area contributed by atoms with E-state index in [1.54, 1.807) is 4.90 Å². The lowest BCUT2D eigenvalue weighted by Crippen LogP contribution is -2.47. The van der Waals surface area contributed by atoms with Crippen LogP contribution in [0.5, 0.6) is 0 Å². The highest BCUT2D eigenvalue weighted by Gasteiger charge is 2.63. The molecule has 0 amide bonds. The van der Waals surface area contributed by atoms with E-state index >= 15 is 0 Å². The van der Waals surface area contributed by atoms with Crippen LogP contribution in [-0.2, 0) is 4.79 Å². The molecule has 92 valence electrons. The number of carboxylic acids is 1. The van der Waals surface area contributed by atoms with Gasteiger partial charge in [0, 0.05) is 13.1 Å². The van der Waals surface area contributed by atoms with Gasteiger partial charge in [-0.25, -0.2) is 0 Å². The van der Waals surface area contributed by atoms with Gasteiger partial charge in [-0.15, -0.1) is 0 Å². The third kappa shape index (κ3) is 1.90. The van der Waals surface area contributed by atoms with Gasteiger partial charge in [-0.3, -0.25) is 4.79 Å². The van der Waals surface area contributed by atoms with Crippen molar-refractivity contribution in [1.29, 1.82) is 0 Å². The molecule has 0 spiro atoms. The first-order valence-corrected chi connectivity index (χ1v) is 5.38. The van der Waals surface area contributed by atoms with Crippen LogP contribution in [0, 0.1) is 11.3 Å². The van der Waals surface area contributed by atoms with Gasteiger partial charge in [0.2, 0.25) is 0 Å². The molecule has 1 aliphatic carbocycles. The van der Waals surface area contributed by atoms with Gasteiger partial charge < -0.3 is 10.0 Å². The van der Waals surface area contributed by atoms with Crippen LogP contribution in [0.25, 0.3) is 0 Å². The number of carbonyl (C=O) groups is 1. The lowest BCUT2D eigenvalue weighted by Gasteiger charge is -2.27. The van der Waals surface area contributed by atoms with Crippen LogP contribution in [0.2, 0.25) is 0 Å².